The van der Waals surface area contributed by atoms with Gasteiger partial charge in [0.25, 0.3) is 0 Å². The number of allylic oxidation sites excluding steroid dienone is 2. The first-order valence-corrected chi connectivity index (χ1v) is 11.1. The summed E-state index contributed by atoms with van der Waals surface area (Å²) in [6, 6.07) is -0.509. The van der Waals surface area contributed by atoms with Gasteiger partial charge in [-0.25, -0.2) is 9.79 Å². The van der Waals surface area contributed by atoms with Crippen LogP contribution >= 0.6 is 0 Å². The highest BCUT2D eigenvalue weighted by Crippen LogP contribution is 2.66. The highest BCUT2D eigenvalue weighted by atomic mass is 19.4. The monoisotopic (exact) mass is 468 g/mol. The van der Waals surface area contributed by atoms with Crippen molar-refractivity contribution in [1.29, 1.82) is 0 Å². The number of carbonyl (C=O) groups excluding carboxylic acids is 1. The first-order valence-electron chi connectivity index (χ1n) is 11.1. The van der Waals surface area contributed by atoms with Crippen molar-refractivity contribution in [2.45, 2.75) is 62.6 Å². The number of aliphatic imine (C=N–C) groups is 2. The number of ether oxygens (including phenoxy) is 1. The van der Waals surface area contributed by atoms with E-state index >= 15 is 0 Å². The van der Waals surface area contributed by atoms with Gasteiger partial charge in [0.05, 0.1) is 23.6 Å². The number of hydrogen-bond donors (Lipinski definition) is 3. The fourth-order valence-electron chi connectivity index (χ4n) is 6.37. The minimum absolute atomic E-state index is 0.0614. The standard InChI is InChI=1S/C21H27F3N6O3/c1-3-12-8-19(12)15(33-16(31)11-4-6-13(7-5-11)21(22,23)24)10(2)20-14(28-18(26)30(20)32)9-27-17(25)29(19)20/h4-6,10,12-15,32H,3,7-9H2,1-2H3,(H2,25,27)(H2,26,28)/t10?,12?,13?,14?,15-,19?,20-/m1/s1. The quantitative estimate of drug-likeness (QED) is 0.535. The van der Waals surface area contributed by atoms with Gasteiger partial charge in [0.15, 0.2) is 11.6 Å². The molecule has 2 fully saturated rings. The van der Waals surface area contributed by atoms with Crippen LogP contribution in [-0.4, -0.2) is 69.1 Å². The predicted octanol–water partition coefficient (Wildman–Crippen LogP) is 1.50. The summed E-state index contributed by atoms with van der Waals surface area (Å²) in [5, 5.41) is 11.9. The van der Waals surface area contributed by atoms with Crippen LogP contribution in [0.2, 0.25) is 0 Å². The van der Waals surface area contributed by atoms with Crippen LogP contribution in [0.5, 0.6) is 0 Å². The molecule has 7 atom stereocenters. The maximum absolute atomic E-state index is 13.1. The van der Waals surface area contributed by atoms with E-state index in [2.05, 4.69) is 9.98 Å². The van der Waals surface area contributed by atoms with E-state index in [0.29, 0.717) is 6.42 Å². The van der Waals surface area contributed by atoms with E-state index in [4.69, 9.17) is 16.2 Å². The first kappa shape index (κ1) is 22.1. The summed E-state index contributed by atoms with van der Waals surface area (Å²) in [6.45, 7) is 4.09. The van der Waals surface area contributed by atoms with E-state index in [9.17, 15) is 23.2 Å². The van der Waals surface area contributed by atoms with Gasteiger partial charge in [-0.2, -0.15) is 18.2 Å². The zero-order valence-corrected chi connectivity index (χ0v) is 18.3. The smallest absolute Gasteiger partial charge is 0.395 e. The average molecular weight is 468 g/mol. The van der Waals surface area contributed by atoms with E-state index in [1.807, 2.05) is 18.7 Å². The average Bonchev–Trinajstić information content (AvgIpc) is 3.38. The molecule has 0 aromatic rings. The van der Waals surface area contributed by atoms with Gasteiger partial charge in [0.2, 0.25) is 5.96 Å². The molecule has 5 unspecified atom stereocenters. The largest absolute Gasteiger partial charge is 0.456 e. The molecule has 5 rings (SSSR count). The van der Waals surface area contributed by atoms with E-state index in [0.717, 1.165) is 17.6 Å². The third kappa shape index (κ3) is 2.72. The SMILES string of the molecule is CCC1CC12[C@H](OC(=O)C1=CCC(C(F)(F)F)C=C1)C(C)[C@@]13C(CN=C(N)N21)N=C(N)N3O. The molecule has 33 heavy (non-hydrogen) atoms. The first-order chi connectivity index (χ1) is 15.5. The minimum atomic E-state index is -4.37. The fourth-order valence-corrected chi connectivity index (χ4v) is 6.37. The van der Waals surface area contributed by atoms with Crippen LogP contribution in [0, 0.1) is 17.8 Å². The summed E-state index contributed by atoms with van der Waals surface area (Å²) >= 11 is 0. The van der Waals surface area contributed by atoms with E-state index < -0.39 is 47.3 Å². The van der Waals surface area contributed by atoms with Crippen molar-refractivity contribution in [1.82, 2.24) is 9.96 Å². The van der Waals surface area contributed by atoms with Gasteiger partial charge >= 0.3 is 12.1 Å². The van der Waals surface area contributed by atoms with Crippen LogP contribution in [0.3, 0.4) is 0 Å². The van der Waals surface area contributed by atoms with Crippen molar-refractivity contribution < 1.29 is 27.9 Å². The Labute approximate surface area is 188 Å². The molecule has 0 radical (unpaired) electrons. The van der Waals surface area contributed by atoms with Crippen LogP contribution < -0.4 is 11.5 Å². The Morgan fingerprint density at radius 3 is 2.67 bits per heavy atom. The fraction of sp³-hybridized carbons (Fsp3) is 0.667. The lowest BCUT2D eigenvalue weighted by atomic mass is 9.85. The maximum atomic E-state index is 13.1. The van der Waals surface area contributed by atoms with Crippen LogP contribution in [0.15, 0.2) is 33.8 Å². The highest BCUT2D eigenvalue weighted by molar-refractivity contribution is 5.92. The van der Waals surface area contributed by atoms with Crippen LogP contribution in [0.25, 0.3) is 0 Å². The number of nitrogens with zero attached hydrogens (tertiary/aromatic N) is 4. The Bertz CT molecular complexity index is 1010. The van der Waals surface area contributed by atoms with Crippen LogP contribution in [0.4, 0.5) is 13.2 Å². The van der Waals surface area contributed by atoms with Gasteiger partial charge in [-0.15, -0.1) is 0 Å². The molecule has 0 aromatic heterocycles. The maximum Gasteiger partial charge on any atom is 0.395 e. The number of nitrogens with two attached hydrogens (primary N) is 2. The number of alkyl halides is 3. The molecule has 0 amide bonds. The summed E-state index contributed by atoms with van der Waals surface area (Å²) in [6.07, 6.45) is -0.529. The normalized spacial score (nSPS) is 41.4. The molecular formula is C21H27F3N6O3. The third-order valence-electron chi connectivity index (χ3n) is 7.98. The number of hydroxylamine groups is 2. The minimum Gasteiger partial charge on any atom is -0.456 e. The van der Waals surface area contributed by atoms with Crippen molar-refractivity contribution in [2.75, 3.05) is 6.54 Å². The molecule has 2 spiro atoms. The van der Waals surface area contributed by atoms with Crippen molar-refractivity contribution in [2.24, 2.45) is 39.2 Å². The van der Waals surface area contributed by atoms with Crippen molar-refractivity contribution in [3.8, 4) is 0 Å². The summed E-state index contributed by atoms with van der Waals surface area (Å²) < 4.78 is 44.9. The Balaban J connectivity index is 1.48. The second-order valence-corrected chi connectivity index (χ2v) is 9.45. The van der Waals surface area contributed by atoms with Gasteiger partial charge in [0, 0.05) is 5.92 Å². The summed E-state index contributed by atoms with van der Waals surface area (Å²) in [5.41, 5.74) is 10.5. The number of carbonyl (C=O) groups is 1. The molecule has 9 nitrogen and oxygen atoms in total. The summed E-state index contributed by atoms with van der Waals surface area (Å²) in [5.74, 6) is -2.52. The zero-order chi connectivity index (χ0) is 23.9. The van der Waals surface area contributed by atoms with Crippen LogP contribution in [0.1, 0.15) is 33.1 Å². The molecule has 0 bridgehead atoms. The summed E-state index contributed by atoms with van der Waals surface area (Å²) in [7, 11) is 0. The molecule has 5 N–H and O–H groups in total. The lowest BCUT2D eigenvalue weighted by molar-refractivity contribution is -0.171. The number of fused-ring (bicyclic) bond motifs is 1. The van der Waals surface area contributed by atoms with E-state index in [1.54, 1.807) is 0 Å². The van der Waals surface area contributed by atoms with Gasteiger partial charge in [-0.1, -0.05) is 38.5 Å². The molecule has 0 aromatic carbocycles. The van der Waals surface area contributed by atoms with E-state index in [-0.39, 0.29) is 36.4 Å². The lowest BCUT2D eigenvalue weighted by Gasteiger charge is -2.48. The predicted molar refractivity (Wildman–Crippen MR) is 112 cm³/mol. The van der Waals surface area contributed by atoms with Gasteiger partial charge in [-0.3, -0.25) is 10.2 Å². The third-order valence-corrected chi connectivity index (χ3v) is 7.98. The lowest BCUT2D eigenvalue weighted by Crippen LogP contribution is -2.70. The van der Waals surface area contributed by atoms with Crippen molar-refractivity contribution >= 4 is 17.9 Å². The molecule has 1 saturated heterocycles. The Kier molecular flexibility index (Phi) is 4.59. The van der Waals surface area contributed by atoms with Gasteiger partial charge in [0.1, 0.15) is 12.1 Å². The number of esters is 1. The molecular weight excluding hydrogens is 441 g/mol. The molecule has 3 aliphatic heterocycles. The second kappa shape index (κ2) is 6.87. The highest BCUT2D eigenvalue weighted by Gasteiger charge is 2.81. The van der Waals surface area contributed by atoms with Crippen molar-refractivity contribution in [3.63, 3.8) is 0 Å². The van der Waals surface area contributed by atoms with Gasteiger partial charge in [-0.05, 0) is 18.8 Å². The molecule has 2 aliphatic carbocycles. The molecule has 12 heteroatoms. The molecule has 180 valence electrons. The molecule has 5 aliphatic rings. The number of hydrogen-bond acceptors (Lipinski definition) is 9. The Morgan fingerprint density at radius 1 is 1.36 bits per heavy atom. The van der Waals surface area contributed by atoms with Gasteiger partial charge < -0.3 is 21.1 Å². The number of halogens is 3. The second-order valence-electron chi connectivity index (χ2n) is 9.45. The number of rotatable bonds is 3. The summed E-state index contributed by atoms with van der Waals surface area (Å²) in [4.78, 5) is 23.7. The zero-order valence-electron chi connectivity index (χ0n) is 18.3. The van der Waals surface area contributed by atoms with Crippen molar-refractivity contribution in [3.05, 3.63) is 23.8 Å². The molecule has 3 heterocycles. The Hall–Kier alpha value is -2.76. The topological polar surface area (TPSA) is 130 Å². The number of guanidine groups is 2. The van der Waals surface area contributed by atoms with E-state index in [1.165, 1.54) is 12.2 Å². The Morgan fingerprint density at radius 2 is 2.09 bits per heavy atom. The van der Waals surface area contributed by atoms with Crippen LogP contribution in [-0.2, 0) is 9.53 Å². The molecule has 1 saturated carbocycles.